The minimum atomic E-state index is -1.59. The average molecular weight is 1070 g/mol. The standard InChI is InChI=1S/C68H111NO8/c1-3-5-7-9-11-13-15-17-19-21-23-25-27-28-29-30-31-32-33-34-36-38-40-42-44-46-48-50-52-54-56-58-64(72)69-61(60-76-68-67(75)66(74)65(73)63(59-70)77-68)62(71)57-55-53-51-49-47-45-43-41-39-37-35-26-24-22-20-18-16-14-12-10-8-6-4-2/h5,7,11,13,17,19,23,25,28-29,31-32,34,36,39-42,46-49,55,57,61-63,65-68,70-71,73-75H,3-4,6,8-10,12,14-16,18,20-22,24,26-27,30,33,35,37-38,43-45,50-54,56,58-60H2,1-2H3,(H,69,72)/b7-5-,13-11-,19-17-,25-23-,29-28-,32-31-,36-34-,41-39+,42-40-,48-46-,49-47+,57-55+. The van der Waals surface area contributed by atoms with E-state index in [4.69, 9.17) is 9.47 Å². The van der Waals surface area contributed by atoms with Crippen LogP contribution in [0.2, 0.25) is 0 Å². The summed E-state index contributed by atoms with van der Waals surface area (Å²) in [7, 11) is 0. The predicted molar refractivity (Wildman–Crippen MR) is 326 cm³/mol. The van der Waals surface area contributed by atoms with E-state index in [1.807, 2.05) is 6.08 Å². The molecule has 1 aliphatic rings. The molecule has 77 heavy (non-hydrogen) atoms. The number of hydrogen-bond acceptors (Lipinski definition) is 8. The third-order valence-electron chi connectivity index (χ3n) is 13.4. The second-order valence-electron chi connectivity index (χ2n) is 20.4. The topological polar surface area (TPSA) is 149 Å². The van der Waals surface area contributed by atoms with Gasteiger partial charge in [-0.25, -0.2) is 0 Å². The number of aliphatic hydroxyl groups excluding tert-OH is 5. The summed E-state index contributed by atoms with van der Waals surface area (Å²) in [5.41, 5.74) is 0. The van der Waals surface area contributed by atoms with Crippen LogP contribution in [0.3, 0.4) is 0 Å². The lowest BCUT2D eigenvalue weighted by Gasteiger charge is -2.40. The van der Waals surface area contributed by atoms with Gasteiger partial charge < -0.3 is 40.3 Å². The van der Waals surface area contributed by atoms with E-state index in [1.54, 1.807) is 6.08 Å². The number of hydrogen-bond donors (Lipinski definition) is 6. The van der Waals surface area contributed by atoms with E-state index in [9.17, 15) is 30.3 Å². The largest absolute Gasteiger partial charge is 0.394 e. The van der Waals surface area contributed by atoms with Gasteiger partial charge in [-0.3, -0.25) is 4.79 Å². The molecular weight excluding hydrogens is 959 g/mol. The first kappa shape index (κ1) is 71.1. The molecule has 0 aromatic rings. The van der Waals surface area contributed by atoms with Gasteiger partial charge in [0.25, 0.3) is 0 Å². The molecular formula is C68H111NO8. The lowest BCUT2D eigenvalue weighted by Crippen LogP contribution is -2.60. The highest BCUT2D eigenvalue weighted by Crippen LogP contribution is 2.23. The molecule has 9 nitrogen and oxygen atoms in total. The predicted octanol–water partition coefficient (Wildman–Crippen LogP) is 15.8. The average Bonchev–Trinajstić information content (AvgIpc) is 3.43. The zero-order valence-electron chi connectivity index (χ0n) is 48.4. The van der Waals surface area contributed by atoms with Gasteiger partial charge in [-0.1, -0.05) is 243 Å². The van der Waals surface area contributed by atoms with Gasteiger partial charge in [-0.2, -0.15) is 0 Å². The smallest absolute Gasteiger partial charge is 0.220 e. The molecule has 6 N–H and O–H groups in total. The Morgan fingerprint density at radius 3 is 1.25 bits per heavy atom. The lowest BCUT2D eigenvalue weighted by molar-refractivity contribution is -0.302. The van der Waals surface area contributed by atoms with Crippen molar-refractivity contribution in [2.75, 3.05) is 13.2 Å². The van der Waals surface area contributed by atoms with Crippen LogP contribution in [0.1, 0.15) is 219 Å². The molecule has 0 radical (unpaired) electrons. The summed E-state index contributed by atoms with van der Waals surface area (Å²) < 4.78 is 11.2. The van der Waals surface area contributed by atoms with E-state index >= 15 is 0 Å². The molecule has 0 saturated carbocycles. The molecule has 0 bridgehead atoms. The number of carbonyl (C=O) groups excluding carboxylic acids is 1. The molecule has 0 aromatic carbocycles. The zero-order valence-corrected chi connectivity index (χ0v) is 48.4. The SMILES string of the molecule is CC/C=C\C/C=C\C/C=C\C/C=C\C/C=C\C/C=C\C/C=C\C/C=C\C/C=C\CCCCCC(=O)NC(COC1OC(CO)C(O)C(O)C1O)C(O)/C=C/CC/C=C/CC/C=C/CCCCCCCCCCCCCCC. The highest BCUT2D eigenvalue weighted by molar-refractivity contribution is 5.76. The van der Waals surface area contributed by atoms with E-state index in [0.717, 1.165) is 103 Å². The van der Waals surface area contributed by atoms with Gasteiger partial charge in [0.05, 0.1) is 25.4 Å². The van der Waals surface area contributed by atoms with Crippen molar-refractivity contribution in [3.05, 3.63) is 146 Å². The summed E-state index contributed by atoms with van der Waals surface area (Å²) in [4.78, 5) is 13.1. The quantitative estimate of drug-likeness (QED) is 0.0261. The van der Waals surface area contributed by atoms with Crippen molar-refractivity contribution < 1.29 is 39.8 Å². The Hall–Kier alpha value is -3.93. The van der Waals surface area contributed by atoms with E-state index in [2.05, 4.69) is 153 Å². The lowest BCUT2D eigenvalue weighted by atomic mass is 9.99. The zero-order chi connectivity index (χ0) is 55.8. The molecule has 9 heteroatoms. The second kappa shape index (κ2) is 55.4. The Morgan fingerprint density at radius 1 is 0.455 bits per heavy atom. The second-order valence-corrected chi connectivity index (χ2v) is 20.4. The monoisotopic (exact) mass is 1070 g/mol. The maximum absolute atomic E-state index is 13.1. The minimum Gasteiger partial charge on any atom is -0.394 e. The van der Waals surface area contributed by atoms with E-state index in [1.165, 1.54) is 83.5 Å². The van der Waals surface area contributed by atoms with Crippen LogP contribution in [0.25, 0.3) is 0 Å². The molecule has 7 atom stereocenters. The first-order chi connectivity index (χ1) is 37.8. The Morgan fingerprint density at radius 2 is 0.818 bits per heavy atom. The molecule has 1 amide bonds. The van der Waals surface area contributed by atoms with Gasteiger partial charge in [-0.05, 0) is 116 Å². The molecule has 0 spiro atoms. The number of allylic oxidation sites excluding steroid dienone is 23. The number of nitrogens with one attached hydrogen (secondary N) is 1. The van der Waals surface area contributed by atoms with Crippen molar-refractivity contribution in [3.8, 4) is 0 Å². The molecule has 1 heterocycles. The van der Waals surface area contributed by atoms with Crippen LogP contribution in [0, 0.1) is 0 Å². The van der Waals surface area contributed by atoms with Crippen molar-refractivity contribution in [1.29, 1.82) is 0 Å². The number of carbonyl (C=O) groups is 1. The molecule has 1 aliphatic heterocycles. The van der Waals surface area contributed by atoms with Crippen molar-refractivity contribution in [1.82, 2.24) is 5.32 Å². The summed E-state index contributed by atoms with van der Waals surface area (Å²) in [5.74, 6) is -0.228. The number of aliphatic hydroxyl groups is 5. The summed E-state index contributed by atoms with van der Waals surface area (Å²) in [6.07, 6.45) is 79.1. The number of rotatable bonds is 50. The normalized spacial score (nSPS) is 19.8. The third kappa shape index (κ3) is 44.6. The van der Waals surface area contributed by atoms with Crippen molar-refractivity contribution in [2.45, 2.75) is 262 Å². The Kier molecular flexibility index (Phi) is 51.1. The fourth-order valence-corrected chi connectivity index (χ4v) is 8.59. The molecule has 7 unspecified atom stereocenters. The summed E-state index contributed by atoms with van der Waals surface area (Å²) in [6, 6.07) is -0.859. The molecule has 0 aromatic heterocycles. The molecule has 436 valence electrons. The fraction of sp³-hybridized carbons (Fsp3) is 0.632. The Labute approximate surface area is 470 Å². The van der Waals surface area contributed by atoms with Crippen molar-refractivity contribution in [3.63, 3.8) is 0 Å². The summed E-state index contributed by atoms with van der Waals surface area (Å²) >= 11 is 0. The van der Waals surface area contributed by atoms with Gasteiger partial charge in [0, 0.05) is 6.42 Å². The minimum absolute atomic E-state index is 0.228. The molecule has 1 fully saturated rings. The first-order valence-electron chi connectivity index (χ1n) is 30.6. The molecule has 0 aliphatic carbocycles. The maximum atomic E-state index is 13.1. The van der Waals surface area contributed by atoms with Gasteiger partial charge in [0.15, 0.2) is 6.29 Å². The van der Waals surface area contributed by atoms with Crippen LogP contribution in [-0.4, -0.2) is 87.5 Å². The summed E-state index contributed by atoms with van der Waals surface area (Å²) in [5, 5.41) is 54.5. The van der Waals surface area contributed by atoms with Crippen molar-refractivity contribution >= 4 is 5.91 Å². The van der Waals surface area contributed by atoms with E-state index in [0.29, 0.717) is 12.8 Å². The Bertz CT molecular complexity index is 1720. The third-order valence-corrected chi connectivity index (χ3v) is 13.4. The molecule has 1 rings (SSSR count). The van der Waals surface area contributed by atoms with E-state index in [-0.39, 0.29) is 18.9 Å². The molecule has 1 saturated heterocycles. The number of ether oxygens (including phenoxy) is 2. The maximum Gasteiger partial charge on any atom is 0.220 e. The number of amides is 1. The van der Waals surface area contributed by atoms with E-state index < -0.39 is 49.5 Å². The van der Waals surface area contributed by atoms with Crippen LogP contribution >= 0.6 is 0 Å². The highest BCUT2D eigenvalue weighted by Gasteiger charge is 2.44. The number of unbranched alkanes of at least 4 members (excludes halogenated alkanes) is 18. The van der Waals surface area contributed by atoms with Gasteiger partial charge in [0.2, 0.25) is 5.91 Å². The fourth-order valence-electron chi connectivity index (χ4n) is 8.59. The first-order valence-corrected chi connectivity index (χ1v) is 30.6. The van der Waals surface area contributed by atoms with Crippen LogP contribution in [0.5, 0.6) is 0 Å². The van der Waals surface area contributed by atoms with Gasteiger partial charge in [-0.15, -0.1) is 0 Å². The van der Waals surface area contributed by atoms with Crippen LogP contribution in [0.15, 0.2) is 146 Å². The van der Waals surface area contributed by atoms with Crippen molar-refractivity contribution in [2.24, 2.45) is 0 Å². The highest BCUT2D eigenvalue weighted by atomic mass is 16.7. The van der Waals surface area contributed by atoms with Crippen LogP contribution in [0.4, 0.5) is 0 Å². The van der Waals surface area contributed by atoms with Crippen LogP contribution < -0.4 is 5.32 Å². The Balaban J connectivity index is 2.30. The van der Waals surface area contributed by atoms with Gasteiger partial charge >= 0.3 is 0 Å². The van der Waals surface area contributed by atoms with Gasteiger partial charge in [0.1, 0.15) is 24.4 Å². The van der Waals surface area contributed by atoms with Crippen LogP contribution in [-0.2, 0) is 14.3 Å². The summed E-state index contributed by atoms with van der Waals surface area (Å²) in [6.45, 7) is 3.62.